The van der Waals surface area contributed by atoms with Crippen molar-refractivity contribution in [3.05, 3.63) is 54.4 Å². The number of thioether (sulfide) groups is 1. The highest BCUT2D eigenvalue weighted by atomic mass is 32.2. The van der Waals surface area contributed by atoms with Crippen LogP contribution in [0.3, 0.4) is 0 Å². The van der Waals surface area contributed by atoms with Gasteiger partial charge in [0.15, 0.2) is 0 Å². The number of pyridine rings is 1. The van der Waals surface area contributed by atoms with E-state index in [2.05, 4.69) is 30.3 Å². The molecule has 0 saturated heterocycles. The maximum absolute atomic E-state index is 6.20. The third-order valence-corrected chi connectivity index (χ3v) is 3.96. The molecule has 3 nitrogen and oxygen atoms in total. The van der Waals surface area contributed by atoms with Crippen LogP contribution in [0.4, 0.5) is 0 Å². The van der Waals surface area contributed by atoms with Gasteiger partial charge in [0.05, 0.1) is 0 Å². The predicted octanol–water partition coefficient (Wildman–Crippen LogP) is 3.66. The van der Waals surface area contributed by atoms with E-state index >= 15 is 0 Å². The van der Waals surface area contributed by atoms with E-state index in [-0.39, 0.29) is 12.1 Å². The molecule has 0 radical (unpaired) electrons. The minimum Gasteiger partial charge on any atom is -0.484 e. The van der Waals surface area contributed by atoms with E-state index in [0.717, 1.165) is 17.7 Å². The number of rotatable bonds is 6. The van der Waals surface area contributed by atoms with Crippen molar-refractivity contribution in [1.82, 2.24) is 4.98 Å². The summed E-state index contributed by atoms with van der Waals surface area (Å²) in [7, 11) is 0. The SMILES string of the molecule is CCC(N)C(Oc1ccc(SC)cc1)c1ccncc1. The summed E-state index contributed by atoms with van der Waals surface area (Å²) < 4.78 is 6.09. The highest BCUT2D eigenvalue weighted by Crippen LogP contribution is 2.26. The Balaban J connectivity index is 2.19. The van der Waals surface area contributed by atoms with Gasteiger partial charge in [-0.05, 0) is 54.6 Å². The number of hydrogen-bond donors (Lipinski definition) is 1. The maximum atomic E-state index is 6.20. The summed E-state index contributed by atoms with van der Waals surface area (Å²) in [5, 5.41) is 0. The lowest BCUT2D eigenvalue weighted by molar-refractivity contribution is 0.171. The van der Waals surface area contributed by atoms with Gasteiger partial charge < -0.3 is 10.5 Å². The zero-order chi connectivity index (χ0) is 14.4. The predicted molar refractivity (Wildman–Crippen MR) is 84.1 cm³/mol. The number of hydrogen-bond acceptors (Lipinski definition) is 4. The average Bonchev–Trinajstić information content (AvgIpc) is 2.53. The molecule has 0 bridgehead atoms. The molecule has 0 saturated carbocycles. The molecule has 2 atom stereocenters. The Bertz CT molecular complexity index is 516. The van der Waals surface area contributed by atoms with Crippen molar-refractivity contribution in [3.8, 4) is 5.75 Å². The van der Waals surface area contributed by atoms with Crippen LogP contribution in [0.1, 0.15) is 25.0 Å². The molecule has 106 valence electrons. The summed E-state index contributed by atoms with van der Waals surface area (Å²) >= 11 is 1.72. The normalized spacial score (nSPS) is 13.8. The van der Waals surface area contributed by atoms with Crippen LogP contribution in [0, 0.1) is 0 Å². The van der Waals surface area contributed by atoms with E-state index in [1.807, 2.05) is 24.3 Å². The lowest BCUT2D eigenvalue weighted by Gasteiger charge is -2.24. The molecule has 2 N–H and O–H groups in total. The van der Waals surface area contributed by atoms with Crippen molar-refractivity contribution in [2.45, 2.75) is 30.4 Å². The topological polar surface area (TPSA) is 48.1 Å². The molecular formula is C16H20N2OS. The molecule has 0 aliphatic rings. The van der Waals surface area contributed by atoms with Gasteiger partial charge in [-0.25, -0.2) is 0 Å². The molecule has 2 aromatic rings. The Kier molecular flexibility index (Phi) is 5.44. The Hall–Kier alpha value is -1.52. The number of ether oxygens (including phenoxy) is 1. The number of benzene rings is 1. The highest BCUT2D eigenvalue weighted by Gasteiger charge is 2.20. The van der Waals surface area contributed by atoms with Crippen molar-refractivity contribution in [1.29, 1.82) is 0 Å². The fraction of sp³-hybridized carbons (Fsp3) is 0.312. The van der Waals surface area contributed by atoms with E-state index < -0.39 is 0 Å². The molecule has 0 aliphatic carbocycles. The molecule has 1 heterocycles. The smallest absolute Gasteiger partial charge is 0.139 e. The van der Waals surface area contributed by atoms with Gasteiger partial charge in [0, 0.05) is 23.3 Å². The third-order valence-electron chi connectivity index (χ3n) is 3.22. The number of nitrogens with zero attached hydrogens (tertiary/aromatic N) is 1. The van der Waals surface area contributed by atoms with Gasteiger partial charge in [-0.1, -0.05) is 6.92 Å². The second-order valence-corrected chi connectivity index (χ2v) is 5.45. The van der Waals surface area contributed by atoms with Gasteiger partial charge in [-0.2, -0.15) is 0 Å². The van der Waals surface area contributed by atoms with Gasteiger partial charge in [-0.15, -0.1) is 11.8 Å². The van der Waals surface area contributed by atoms with Crippen molar-refractivity contribution in [2.75, 3.05) is 6.26 Å². The van der Waals surface area contributed by atoms with Crippen LogP contribution < -0.4 is 10.5 Å². The molecule has 0 spiro atoms. The maximum Gasteiger partial charge on any atom is 0.139 e. The second kappa shape index (κ2) is 7.31. The molecule has 0 amide bonds. The van der Waals surface area contributed by atoms with Crippen molar-refractivity contribution < 1.29 is 4.74 Å². The molecule has 0 aliphatic heterocycles. The summed E-state index contributed by atoms with van der Waals surface area (Å²) in [5.74, 6) is 0.841. The molecule has 20 heavy (non-hydrogen) atoms. The quantitative estimate of drug-likeness (QED) is 0.824. The van der Waals surface area contributed by atoms with Crippen LogP contribution in [0.25, 0.3) is 0 Å². The highest BCUT2D eigenvalue weighted by molar-refractivity contribution is 7.98. The summed E-state index contributed by atoms with van der Waals surface area (Å²) in [5.41, 5.74) is 7.26. The van der Waals surface area contributed by atoms with Gasteiger partial charge in [0.1, 0.15) is 11.9 Å². The summed E-state index contributed by atoms with van der Waals surface area (Å²) in [4.78, 5) is 5.26. The Morgan fingerprint density at radius 3 is 2.35 bits per heavy atom. The van der Waals surface area contributed by atoms with Crippen LogP contribution in [0.5, 0.6) is 5.75 Å². The van der Waals surface area contributed by atoms with Gasteiger partial charge >= 0.3 is 0 Å². The molecule has 1 aromatic heterocycles. The summed E-state index contributed by atoms with van der Waals surface area (Å²) in [6.45, 7) is 2.07. The zero-order valence-corrected chi connectivity index (χ0v) is 12.6. The molecule has 2 unspecified atom stereocenters. The lowest BCUT2D eigenvalue weighted by atomic mass is 10.0. The first-order chi connectivity index (χ1) is 9.74. The average molecular weight is 288 g/mol. The lowest BCUT2D eigenvalue weighted by Crippen LogP contribution is -2.31. The van der Waals surface area contributed by atoms with Gasteiger partial charge in [0.2, 0.25) is 0 Å². The first-order valence-corrected chi connectivity index (χ1v) is 7.93. The van der Waals surface area contributed by atoms with E-state index in [1.54, 1.807) is 24.2 Å². The Morgan fingerprint density at radius 1 is 1.15 bits per heavy atom. The largest absolute Gasteiger partial charge is 0.484 e. The van der Waals surface area contributed by atoms with E-state index in [4.69, 9.17) is 10.5 Å². The third kappa shape index (κ3) is 3.74. The van der Waals surface area contributed by atoms with Crippen molar-refractivity contribution >= 4 is 11.8 Å². The standard InChI is InChI=1S/C16H20N2OS/c1-3-15(17)16(12-8-10-18-11-9-12)19-13-4-6-14(20-2)7-5-13/h4-11,15-16H,3,17H2,1-2H3. The monoisotopic (exact) mass is 288 g/mol. The zero-order valence-electron chi connectivity index (χ0n) is 11.8. The fourth-order valence-electron chi connectivity index (χ4n) is 1.97. The molecule has 0 fully saturated rings. The summed E-state index contributed by atoms with van der Waals surface area (Å²) in [6, 6.07) is 12.0. The van der Waals surface area contributed by atoms with Crippen LogP contribution in [-0.2, 0) is 0 Å². The minimum atomic E-state index is -0.150. The second-order valence-electron chi connectivity index (χ2n) is 4.57. The van der Waals surface area contributed by atoms with E-state index in [9.17, 15) is 0 Å². The molecule has 2 rings (SSSR count). The van der Waals surface area contributed by atoms with Crippen LogP contribution in [0.2, 0.25) is 0 Å². The first-order valence-electron chi connectivity index (χ1n) is 6.70. The van der Waals surface area contributed by atoms with Crippen LogP contribution in [0.15, 0.2) is 53.7 Å². The van der Waals surface area contributed by atoms with E-state index in [0.29, 0.717) is 0 Å². The van der Waals surface area contributed by atoms with E-state index in [1.165, 1.54) is 4.90 Å². The Morgan fingerprint density at radius 2 is 1.80 bits per heavy atom. The first kappa shape index (κ1) is 14.9. The number of aromatic nitrogens is 1. The van der Waals surface area contributed by atoms with Crippen molar-refractivity contribution in [3.63, 3.8) is 0 Å². The van der Waals surface area contributed by atoms with Crippen LogP contribution in [-0.4, -0.2) is 17.3 Å². The Labute approximate surface area is 124 Å². The minimum absolute atomic E-state index is 0.0439. The van der Waals surface area contributed by atoms with Crippen LogP contribution >= 0.6 is 11.8 Å². The van der Waals surface area contributed by atoms with Crippen molar-refractivity contribution in [2.24, 2.45) is 5.73 Å². The van der Waals surface area contributed by atoms with Gasteiger partial charge in [-0.3, -0.25) is 4.98 Å². The summed E-state index contributed by atoms with van der Waals surface area (Å²) in [6.07, 6.45) is 6.30. The molecule has 4 heteroatoms. The molecular weight excluding hydrogens is 268 g/mol. The van der Waals surface area contributed by atoms with Gasteiger partial charge in [0.25, 0.3) is 0 Å². The molecule has 1 aromatic carbocycles. The number of nitrogens with two attached hydrogens (primary N) is 1. The fourth-order valence-corrected chi connectivity index (χ4v) is 2.38.